The summed E-state index contributed by atoms with van der Waals surface area (Å²) in [5, 5.41) is 5.22. The smallest absolute Gasteiger partial charge is 0.143 e. The lowest BCUT2D eigenvalue weighted by molar-refractivity contribution is 0.561. The first-order valence-electron chi connectivity index (χ1n) is 6.64. The van der Waals surface area contributed by atoms with Gasteiger partial charge in [-0.3, -0.25) is 0 Å². The molecule has 0 aromatic carbocycles. The van der Waals surface area contributed by atoms with Gasteiger partial charge < -0.3 is 5.32 Å². The van der Waals surface area contributed by atoms with Crippen LogP contribution in [0.5, 0.6) is 0 Å². The second-order valence-electron chi connectivity index (χ2n) is 4.48. The number of nitrogens with one attached hydrogen (secondary N) is 1. The average Bonchev–Trinajstić information content (AvgIpc) is 2.80. The van der Waals surface area contributed by atoms with Crippen LogP contribution in [0.4, 0.5) is 5.00 Å². The Morgan fingerprint density at radius 2 is 2.05 bits per heavy atom. The number of hydrogen-bond acceptors (Lipinski definition) is 4. The molecule has 1 rings (SSSR count). The van der Waals surface area contributed by atoms with Gasteiger partial charge in [0.15, 0.2) is 0 Å². The van der Waals surface area contributed by atoms with Crippen LogP contribution in [-0.4, -0.2) is 17.2 Å². The molecule has 1 aromatic heterocycles. The Kier molecular flexibility index (Phi) is 5.96. The van der Waals surface area contributed by atoms with Crippen LogP contribution in [0.2, 0.25) is 0 Å². The third-order valence-corrected chi connectivity index (χ3v) is 3.91. The molecule has 3 nitrogen and oxygen atoms in total. The predicted molar refractivity (Wildman–Crippen MR) is 87.2 cm³/mol. The first kappa shape index (κ1) is 15.6. The van der Waals surface area contributed by atoms with Gasteiger partial charge in [-0.1, -0.05) is 38.3 Å². The van der Waals surface area contributed by atoms with Gasteiger partial charge in [0.25, 0.3) is 0 Å². The number of allylic oxidation sites excluding steroid dienone is 1. The molecule has 0 bridgehead atoms. The van der Waals surface area contributed by atoms with Crippen molar-refractivity contribution in [2.24, 2.45) is 4.99 Å². The van der Waals surface area contributed by atoms with Crippen molar-refractivity contribution in [2.45, 2.75) is 46.6 Å². The Morgan fingerprint density at radius 3 is 2.53 bits per heavy atom. The summed E-state index contributed by atoms with van der Waals surface area (Å²) in [6.45, 7) is 16.2. The highest BCUT2D eigenvalue weighted by Gasteiger charge is 2.14. The molecule has 4 heteroatoms. The molecule has 0 atom stereocenters. The molecule has 0 radical (unpaired) electrons. The van der Waals surface area contributed by atoms with Gasteiger partial charge >= 0.3 is 0 Å². The normalized spacial score (nSPS) is 11.2. The van der Waals surface area contributed by atoms with E-state index in [2.05, 4.69) is 42.3 Å². The summed E-state index contributed by atoms with van der Waals surface area (Å²) in [5.74, 6) is 0. The molecule has 0 spiro atoms. The van der Waals surface area contributed by atoms with Crippen LogP contribution >= 0.6 is 11.3 Å². The molecule has 0 fully saturated rings. The van der Waals surface area contributed by atoms with E-state index in [1.54, 1.807) is 17.6 Å². The molecule has 0 aliphatic carbocycles. The maximum Gasteiger partial charge on any atom is 0.143 e. The van der Waals surface area contributed by atoms with Crippen LogP contribution in [0, 0.1) is 0 Å². The lowest BCUT2D eigenvalue weighted by atomic mass is 10.1. The second kappa shape index (κ2) is 7.24. The van der Waals surface area contributed by atoms with Crippen LogP contribution in [0.1, 0.15) is 51.2 Å². The summed E-state index contributed by atoms with van der Waals surface area (Å²) in [6.07, 6.45) is 3.93. The monoisotopic (exact) mass is 277 g/mol. The largest absolute Gasteiger partial charge is 0.380 e. The van der Waals surface area contributed by atoms with Crippen LogP contribution in [-0.2, 0) is 0 Å². The summed E-state index contributed by atoms with van der Waals surface area (Å²) in [7, 11) is 0. The van der Waals surface area contributed by atoms with Gasteiger partial charge in [0.05, 0.1) is 5.70 Å². The van der Waals surface area contributed by atoms with Crippen molar-refractivity contribution >= 4 is 33.8 Å². The minimum atomic E-state index is 0.447. The zero-order chi connectivity index (χ0) is 14.4. The second-order valence-corrected chi connectivity index (χ2v) is 5.45. The van der Waals surface area contributed by atoms with Crippen molar-refractivity contribution in [1.29, 1.82) is 0 Å². The van der Waals surface area contributed by atoms with Crippen LogP contribution < -0.4 is 5.32 Å². The third kappa shape index (κ3) is 4.03. The topological polar surface area (TPSA) is 37.3 Å². The highest BCUT2D eigenvalue weighted by atomic mass is 32.1. The third-order valence-electron chi connectivity index (χ3n) is 2.88. The Bertz CT molecular complexity index is 482. The van der Waals surface area contributed by atoms with Gasteiger partial charge in [-0.15, -0.1) is 0 Å². The van der Waals surface area contributed by atoms with Crippen molar-refractivity contribution in [2.75, 3.05) is 0 Å². The maximum atomic E-state index is 4.59. The number of aliphatic imine (C=N–C) groups is 1. The lowest BCUT2D eigenvalue weighted by Gasteiger charge is -2.16. The van der Waals surface area contributed by atoms with E-state index in [1.165, 1.54) is 0 Å². The van der Waals surface area contributed by atoms with Gasteiger partial charge in [-0.2, -0.15) is 0 Å². The highest BCUT2D eigenvalue weighted by Crippen LogP contribution is 2.34. The van der Waals surface area contributed by atoms with Crippen molar-refractivity contribution in [3.05, 3.63) is 23.9 Å². The minimum Gasteiger partial charge on any atom is -0.380 e. The van der Waals surface area contributed by atoms with E-state index < -0.39 is 0 Å². The van der Waals surface area contributed by atoms with E-state index in [1.807, 2.05) is 13.8 Å². The Labute approximate surface area is 120 Å². The molecule has 1 aromatic rings. The summed E-state index contributed by atoms with van der Waals surface area (Å²) in [4.78, 5) is 8.94. The van der Waals surface area contributed by atoms with Gasteiger partial charge in [-0.25, -0.2) is 9.98 Å². The summed E-state index contributed by atoms with van der Waals surface area (Å²) in [5.41, 5.74) is 2.67. The molecule has 0 aliphatic rings. The quantitative estimate of drug-likeness (QED) is 0.737. The van der Waals surface area contributed by atoms with Gasteiger partial charge in [0, 0.05) is 12.3 Å². The fourth-order valence-electron chi connectivity index (χ4n) is 1.72. The van der Waals surface area contributed by atoms with E-state index in [9.17, 15) is 0 Å². The van der Waals surface area contributed by atoms with Gasteiger partial charge in [0.1, 0.15) is 15.7 Å². The number of rotatable bonds is 7. The molecule has 0 unspecified atom stereocenters. The molecular weight excluding hydrogens is 254 g/mol. The standard InChI is InChI=1S/C15H23N3S/c1-7-12(8-2)17-11(6)14-18-13(10(4)5)15(19-14)16-9-3/h9,12,17H,4,6-8H2,1-3,5H3. The van der Waals surface area contributed by atoms with Crippen LogP contribution in [0.3, 0.4) is 0 Å². The van der Waals surface area contributed by atoms with Crippen molar-refractivity contribution in [1.82, 2.24) is 10.3 Å². The first-order valence-corrected chi connectivity index (χ1v) is 7.46. The summed E-state index contributed by atoms with van der Waals surface area (Å²) < 4.78 is 0. The fraction of sp³-hybridized carbons (Fsp3) is 0.467. The minimum absolute atomic E-state index is 0.447. The molecule has 0 saturated heterocycles. The molecular formula is C15H23N3S. The molecule has 1 N–H and O–H groups in total. The average molecular weight is 277 g/mol. The van der Waals surface area contributed by atoms with Crippen LogP contribution in [0.15, 0.2) is 18.2 Å². The van der Waals surface area contributed by atoms with Gasteiger partial charge in [0.2, 0.25) is 0 Å². The Balaban J connectivity index is 2.98. The van der Waals surface area contributed by atoms with Gasteiger partial charge in [-0.05, 0) is 32.3 Å². The molecule has 104 valence electrons. The zero-order valence-electron chi connectivity index (χ0n) is 12.3. The molecule has 0 saturated carbocycles. The van der Waals surface area contributed by atoms with Crippen molar-refractivity contribution < 1.29 is 0 Å². The SMILES string of the molecule is C=C(NC(CC)CC)c1nc(C(=C)C)c(N=CC)s1. The summed E-state index contributed by atoms with van der Waals surface area (Å²) >= 11 is 1.55. The number of hydrogen-bond donors (Lipinski definition) is 1. The fourth-order valence-corrected chi connectivity index (χ4v) is 2.70. The Morgan fingerprint density at radius 1 is 1.42 bits per heavy atom. The molecule has 1 heterocycles. The molecule has 0 aliphatic heterocycles. The van der Waals surface area contributed by atoms with E-state index >= 15 is 0 Å². The summed E-state index contributed by atoms with van der Waals surface area (Å²) in [6, 6.07) is 0.447. The number of aromatic nitrogens is 1. The van der Waals surface area contributed by atoms with Crippen LogP contribution in [0.25, 0.3) is 11.3 Å². The molecule has 0 amide bonds. The zero-order valence-corrected chi connectivity index (χ0v) is 13.1. The van der Waals surface area contributed by atoms with E-state index in [-0.39, 0.29) is 0 Å². The van der Waals surface area contributed by atoms with Crippen molar-refractivity contribution in [3.8, 4) is 0 Å². The Hall–Kier alpha value is -1.42. The molecule has 19 heavy (non-hydrogen) atoms. The first-order chi connectivity index (χ1) is 9.03. The highest BCUT2D eigenvalue weighted by molar-refractivity contribution is 7.16. The van der Waals surface area contributed by atoms with E-state index in [0.717, 1.165) is 39.8 Å². The van der Waals surface area contributed by atoms with E-state index in [0.29, 0.717) is 6.04 Å². The number of nitrogens with zero attached hydrogens (tertiary/aromatic N) is 2. The predicted octanol–water partition coefficient (Wildman–Crippen LogP) is 4.65. The van der Waals surface area contributed by atoms with Crippen molar-refractivity contribution in [3.63, 3.8) is 0 Å². The lowest BCUT2D eigenvalue weighted by Crippen LogP contribution is -2.25. The maximum absolute atomic E-state index is 4.59. The van der Waals surface area contributed by atoms with E-state index in [4.69, 9.17) is 0 Å². The number of thiazole rings is 1.